The van der Waals surface area contributed by atoms with Crippen molar-refractivity contribution >= 4 is 12.0 Å². The van der Waals surface area contributed by atoms with E-state index in [1.165, 1.54) is 17.0 Å². The minimum Gasteiger partial charge on any atom is -0.480 e. The first kappa shape index (κ1) is 16.9. The average Bonchev–Trinajstić information content (AvgIpc) is 2.43. The van der Waals surface area contributed by atoms with Crippen LogP contribution in [-0.4, -0.2) is 34.6 Å². The van der Waals surface area contributed by atoms with Crippen LogP contribution in [0.15, 0.2) is 24.3 Å². The van der Waals surface area contributed by atoms with Gasteiger partial charge in [0.25, 0.3) is 0 Å². The molecule has 5 nitrogen and oxygen atoms in total. The molecule has 2 atom stereocenters. The molecule has 2 N–H and O–H groups in total. The van der Waals surface area contributed by atoms with Crippen molar-refractivity contribution in [3.63, 3.8) is 0 Å². The first-order chi connectivity index (χ1) is 9.85. The third kappa shape index (κ3) is 5.06. The minimum atomic E-state index is -1.07. The SMILES string of the molecule is CCC(C)N(CC(=O)O)C(=O)NC(C)c1cccc(F)c1. The van der Waals surface area contributed by atoms with Crippen LogP contribution >= 0.6 is 0 Å². The molecule has 2 unspecified atom stereocenters. The number of carboxylic acids is 1. The average molecular weight is 296 g/mol. The lowest BCUT2D eigenvalue weighted by Gasteiger charge is -2.28. The number of nitrogens with zero attached hydrogens (tertiary/aromatic N) is 1. The summed E-state index contributed by atoms with van der Waals surface area (Å²) in [7, 11) is 0. The summed E-state index contributed by atoms with van der Waals surface area (Å²) < 4.78 is 13.2. The zero-order valence-electron chi connectivity index (χ0n) is 12.5. The zero-order valence-corrected chi connectivity index (χ0v) is 12.5. The smallest absolute Gasteiger partial charge is 0.323 e. The molecule has 0 aliphatic carbocycles. The van der Waals surface area contributed by atoms with Crippen LogP contribution in [0.3, 0.4) is 0 Å². The summed E-state index contributed by atoms with van der Waals surface area (Å²) in [5, 5.41) is 11.6. The molecule has 0 aliphatic rings. The molecule has 0 heterocycles. The van der Waals surface area contributed by atoms with Gasteiger partial charge in [0, 0.05) is 6.04 Å². The lowest BCUT2D eigenvalue weighted by atomic mass is 10.1. The van der Waals surface area contributed by atoms with E-state index < -0.39 is 18.0 Å². The van der Waals surface area contributed by atoms with Crippen molar-refractivity contribution in [2.45, 2.75) is 39.3 Å². The van der Waals surface area contributed by atoms with Gasteiger partial charge in [-0.2, -0.15) is 0 Å². The highest BCUT2D eigenvalue weighted by Crippen LogP contribution is 2.14. The monoisotopic (exact) mass is 296 g/mol. The zero-order chi connectivity index (χ0) is 16.0. The van der Waals surface area contributed by atoms with Gasteiger partial charge in [-0.25, -0.2) is 9.18 Å². The third-order valence-electron chi connectivity index (χ3n) is 3.38. The van der Waals surface area contributed by atoms with Crippen molar-refractivity contribution in [1.82, 2.24) is 10.2 Å². The Morgan fingerprint density at radius 1 is 1.38 bits per heavy atom. The molecule has 1 rings (SSSR count). The molecule has 0 spiro atoms. The predicted molar refractivity (Wildman–Crippen MR) is 77.4 cm³/mol. The number of carboxylic acid groups (broad SMARTS) is 1. The minimum absolute atomic E-state index is 0.194. The molecule has 21 heavy (non-hydrogen) atoms. The van der Waals surface area contributed by atoms with Crippen molar-refractivity contribution in [2.24, 2.45) is 0 Å². The lowest BCUT2D eigenvalue weighted by molar-refractivity contribution is -0.138. The first-order valence-electron chi connectivity index (χ1n) is 6.89. The first-order valence-corrected chi connectivity index (χ1v) is 6.89. The van der Waals surface area contributed by atoms with Gasteiger partial charge in [-0.1, -0.05) is 19.1 Å². The van der Waals surface area contributed by atoms with Gasteiger partial charge < -0.3 is 15.3 Å². The summed E-state index contributed by atoms with van der Waals surface area (Å²) in [4.78, 5) is 24.3. The maximum Gasteiger partial charge on any atom is 0.323 e. The molecular weight excluding hydrogens is 275 g/mol. The molecule has 0 saturated carbocycles. The van der Waals surface area contributed by atoms with Gasteiger partial charge in [0.2, 0.25) is 0 Å². The Morgan fingerprint density at radius 2 is 2.05 bits per heavy atom. The summed E-state index contributed by atoms with van der Waals surface area (Å²) in [6, 6.07) is 4.87. The Labute approximate surface area is 123 Å². The van der Waals surface area contributed by atoms with Crippen molar-refractivity contribution in [3.05, 3.63) is 35.6 Å². The highest BCUT2D eigenvalue weighted by molar-refractivity contribution is 5.80. The number of nitrogens with one attached hydrogen (secondary N) is 1. The third-order valence-corrected chi connectivity index (χ3v) is 3.38. The van der Waals surface area contributed by atoms with E-state index in [1.54, 1.807) is 26.0 Å². The molecule has 1 aromatic carbocycles. The second-order valence-electron chi connectivity index (χ2n) is 5.01. The van der Waals surface area contributed by atoms with Crippen LogP contribution in [0, 0.1) is 5.82 Å². The van der Waals surface area contributed by atoms with Crippen molar-refractivity contribution in [1.29, 1.82) is 0 Å². The number of carbonyl (C=O) groups is 2. The fourth-order valence-electron chi connectivity index (χ4n) is 1.92. The Kier molecular flexibility index (Phi) is 6.14. The number of amides is 2. The Bertz CT molecular complexity index is 507. The van der Waals surface area contributed by atoms with Crippen LogP contribution in [0.5, 0.6) is 0 Å². The Morgan fingerprint density at radius 3 is 2.57 bits per heavy atom. The quantitative estimate of drug-likeness (QED) is 0.848. The topological polar surface area (TPSA) is 69.6 Å². The predicted octanol–water partition coefficient (Wildman–Crippen LogP) is 2.78. The number of benzene rings is 1. The summed E-state index contributed by atoms with van der Waals surface area (Å²) >= 11 is 0. The Hall–Kier alpha value is -2.11. The van der Waals surface area contributed by atoms with Gasteiger partial charge in [-0.05, 0) is 38.0 Å². The molecule has 0 aliphatic heterocycles. The largest absolute Gasteiger partial charge is 0.480 e. The molecule has 6 heteroatoms. The molecule has 0 aromatic heterocycles. The van der Waals surface area contributed by atoms with Gasteiger partial charge in [0.1, 0.15) is 12.4 Å². The lowest BCUT2D eigenvalue weighted by Crippen LogP contribution is -2.47. The summed E-state index contributed by atoms with van der Waals surface area (Å²) in [6.07, 6.45) is 0.648. The number of urea groups is 1. The molecule has 0 saturated heterocycles. The molecular formula is C15H21FN2O3. The van der Waals surface area contributed by atoms with Crippen LogP contribution < -0.4 is 5.32 Å². The van der Waals surface area contributed by atoms with Gasteiger partial charge >= 0.3 is 12.0 Å². The second-order valence-corrected chi connectivity index (χ2v) is 5.01. The molecule has 1 aromatic rings. The van der Waals surface area contributed by atoms with Gasteiger partial charge in [0.15, 0.2) is 0 Å². The summed E-state index contributed by atoms with van der Waals surface area (Å²) in [5.74, 6) is -1.44. The molecule has 0 bridgehead atoms. The highest BCUT2D eigenvalue weighted by atomic mass is 19.1. The van der Waals surface area contributed by atoms with E-state index in [0.29, 0.717) is 12.0 Å². The van der Waals surface area contributed by atoms with Gasteiger partial charge in [-0.15, -0.1) is 0 Å². The molecule has 0 fully saturated rings. The summed E-state index contributed by atoms with van der Waals surface area (Å²) in [5.41, 5.74) is 0.628. The number of rotatable bonds is 6. The second kappa shape index (κ2) is 7.61. The fourth-order valence-corrected chi connectivity index (χ4v) is 1.92. The van der Waals surface area contributed by atoms with Gasteiger partial charge in [-0.3, -0.25) is 4.79 Å². The normalized spacial score (nSPS) is 13.3. The van der Waals surface area contributed by atoms with E-state index in [1.807, 2.05) is 6.92 Å². The fraction of sp³-hybridized carbons (Fsp3) is 0.467. The number of aliphatic carboxylic acids is 1. The van der Waals surface area contributed by atoms with Crippen molar-refractivity contribution < 1.29 is 19.1 Å². The van der Waals surface area contributed by atoms with Crippen LogP contribution in [0.1, 0.15) is 38.8 Å². The van der Waals surface area contributed by atoms with E-state index >= 15 is 0 Å². The summed E-state index contributed by atoms with van der Waals surface area (Å²) in [6.45, 7) is 5.02. The highest BCUT2D eigenvalue weighted by Gasteiger charge is 2.23. The number of halogens is 1. The van der Waals surface area contributed by atoms with E-state index in [9.17, 15) is 14.0 Å². The van der Waals surface area contributed by atoms with Crippen molar-refractivity contribution in [3.8, 4) is 0 Å². The van der Waals surface area contributed by atoms with E-state index in [-0.39, 0.29) is 18.4 Å². The Balaban J connectivity index is 2.78. The van der Waals surface area contributed by atoms with Crippen LogP contribution in [0.25, 0.3) is 0 Å². The number of hydrogen-bond acceptors (Lipinski definition) is 2. The number of carbonyl (C=O) groups excluding carboxylic acids is 1. The van der Waals surface area contributed by atoms with Crippen LogP contribution in [0.4, 0.5) is 9.18 Å². The maximum absolute atomic E-state index is 13.2. The van der Waals surface area contributed by atoms with Crippen LogP contribution in [0.2, 0.25) is 0 Å². The number of hydrogen-bond donors (Lipinski definition) is 2. The van der Waals surface area contributed by atoms with Crippen molar-refractivity contribution in [2.75, 3.05) is 6.54 Å². The van der Waals surface area contributed by atoms with E-state index in [0.717, 1.165) is 0 Å². The molecule has 2 amide bonds. The van der Waals surface area contributed by atoms with Gasteiger partial charge in [0.05, 0.1) is 6.04 Å². The van der Waals surface area contributed by atoms with E-state index in [2.05, 4.69) is 5.32 Å². The molecule has 0 radical (unpaired) electrons. The van der Waals surface area contributed by atoms with E-state index in [4.69, 9.17) is 5.11 Å². The standard InChI is InChI=1S/C15H21FN2O3/c1-4-10(2)18(9-14(19)20)15(21)17-11(3)12-6-5-7-13(16)8-12/h5-8,10-11H,4,9H2,1-3H3,(H,17,21)(H,19,20). The van der Waals surface area contributed by atoms with Crippen LogP contribution in [-0.2, 0) is 4.79 Å². The molecule has 116 valence electrons. The maximum atomic E-state index is 13.2.